The van der Waals surface area contributed by atoms with Gasteiger partial charge < -0.3 is 4.74 Å². The summed E-state index contributed by atoms with van der Waals surface area (Å²) in [5.41, 5.74) is 0. The van der Waals surface area contributed by atoms with E-state index in [1.807, 2.05) is 12.1 Å². The Kier molecular flexibility index (Phi) is 3.37. The number of fused-ring (bicyclic) bond motifs is 2. The molecule has 0 heterocycles. The van der Waals surface area contributed by atoms with Crippen LogP contribution in [0.2, 0.25) is 0 Å². The summed E-state index contributed by atoms with van der Waals surface area (Å²) in [6, 6.07) is 20.0. The summed E-state index contributed by atoms with van der Waals surface area (Å²) >= 11 is 0. The fraction of sp³-hybridized carbons (Fsp3) is 0.222. The number of hydrogen-bond acceptors (Lipinski definition) is 1. The SMILES string of the molecule is CCCCOc1c[c]cc2cc3ccccc3cc12. The van der Waals surface area contributed by atoms with Gasteiger partial charge in [-0.05, 0) is 52.9 Å². The maximum absolute atomic E-state index is 5.88. The summed E-state index contributed by atoms with van der Waals surface area (Å²) < 4.78 is 5.88. The molecule has 1 heteroatoms. The van der Waals surface area contributed by atoms with Crippen molar-refractivity contribution >= 4 is 21.5 Å². The van der Waals surface area contributed by atoms with Crippen LogP contribution in [0.15, 0.2) is 48.5 Å². The van der Waals surface area contributed by atoms with Gasteiger partial charge in [0.05, 0.1) is 6.61 Å². The second kappa shape index (κ2) is 5.31. The number of benzene rings is 3. The van der Waals surface area contributed by atoms with Crippen LogP contribution in [0.5, 0.6) is 5.75 Å². The standard InChI is InChI=1S/C18H17O/c1-2-3-11-19-18-10-6-9-16-12-14-7-4-5-8-15(14)13-17(16)18/h4-5,7-10,12-13H,2-3,11H2,1H3. The van der Waals surface area contributed by atoms with Gasteiger partial charge in [-0.3, -0.25) is 0 Å². The van der Waals surface area contributed by atoms with Crippen LogP contribution >= 0.6 is 0 Å². The minimum Gasteiger partial charge on any atom is -0.493 e. The van der Waals surface area contributed by atoms with E-state index in [1.54, 1.807) is 0 Å². The third-order valence-electron chi connectivity index (χ3n) is 3.39. The normalized spacial score (nSPS) is 11.0. The van der Waals surface area contributed by atoms with Crippen molar-refractivity contribution in [2.24, 2.45) is 0 Å². The lowest BCUT2D eigenvalue weighted by molar-refractivity contribution is 0.313. The first kappa shape index (κ1) is 12.0. The Morgan fingerprint density at radius 2 is 1.79 bits per heavy atom. The van der Waals surface area contributed by atoms with Gasteiger partial charge in [0.1, 0.15) is 5.75 Å². The molecule has 0 unspecified atom stereocenters. The maximum atomic E-state index is 5.88. The summed E-state index contributed by atoms with van der Waals surface area (Å²) in [5, 5.41) is 4.87. The molecule has 0 fully saturated rings. The molecule has 0 saturated heterocycles. The van der Waals surface area contributed by atoms with Crippen molar-refractivity contribution in [3.05, 3.63) is 54.6 Å². The molecule has 0 N–H and O–H groups in total. The maximum Gasteiger partial charge on any atom is 0.127 e. The van der Waals surface area contributed by atoms with E-state index in [2.05, 4.69) is 49.4 Å². The fourth-order valence-corrected chi connectivity index (χ4v) is 2.32. The van der Waals surface area contributed by atoms with E-state index >= 15 is 0 Å². The zero-order valence-corrected chi connectivity index (χ0v) is 11.1. The molecule has 0 atom stereocenters. The third-order valence-corrected chi connectivity index (χ3v) is 3.39. The molecule has 0 amide bonds. The van der Waals surface area contributed by atoms with Gasteiger partial charge >= 0.3 is 0 Å². The summed E-state index contributed by atoms with van der Waals surface area (Å²) in [4.78, 5) is 0. The Hall–Kier alpha value is -2.02. The number of unbranched alkanes of at least 4 members (excludes halogenated alkanes) is 1. The lowest BCUT2D eigenvalue weighted by Gasteiger charge is -2.09. The van der Waals surface area contributed by atoms with Gasteiger partial charge in [-0.25, -0.2) is 0 Å². The van der Waals surface area contributed by atoms with E-state index in [4.69, 9.17) is 4.74 Å². The van der Waals surface area contributed by atoms with Gasteiger partial charge in [0.25, 0.3) is 0 Å². The van der Waals surface area contributed by atoms with Gasteiger partial charge in [-0.2, -0.15) is 0 Å². The molecule has 3 aromatic carbocycles. The van der Waals surface area contributed by atoms with Crippen molar-refractivity contribution in [3.63, 3.8) is 0 Å². The number of rotatable bonds is 4. The van der Waals surface area contributed by atoms with Crippen LogP contribution in [-0.4, -0.2) is 6.61 Å². The second-order valence-electron chi connectivity index (χ2n) is 4.81. The smallest absolute Gasteiger partial charge is 0.127 e. The Morgan fingerprint density at radius 3 is 2.58 bits per heavy atom. The van der Waals surface area contributed by atoms with E-state index in [0.29, 0.717) is 0 Å². The van der Waals surface area contributed by atoms with Crippen LogP contribution in [0.3, 0.4) is 0 Å². The summed E-state index contributed by atoms with van der Waals surface area (Å²) in [6.45, 7) is 2.95. The second-order valence-corrected chi connectivity index (χ2v) is 4.81. The predicted octanol–water partition coefficient (Wildman–Crippen LogP) is 4.97. The molecule has 0 spiro atoms. The van der Waals surface area contributed by atoms with E-state index < -0.39 is 0 Å². The van der Waals surface area contributed by atoms with Crippen LogP contribution in [0, 0.1) is 6.07 Å². The fourth-order valence-electron chi connectivity index (χ4n) is 2.32. The lowest BCUT2D eigenvalue weighted by Crippen LogP contribution is -1.96. The highest BCUT2D eigenvalue weighted by molar-refractivity contribution is 6.00. The zero-order valence-electron chi connectivity index (χ0n) is 11.1. The Bertz CT molecular complexity index is 700. The minimum absolute atomic E-state index is 0.774. The molecule has 1 nitrogen and oxygen atoms in total. The summed E-state index contributed by atoms with van der Waals surface area (Å²) in [6.07, 6.45) is 2.24. The Labute approximate surface area is 113 Å². The third kappa shape index (κ3) is 2.41. The molecule has 3 aromatic rings. The molecule has 0 aliphatic heterocycles. The van der Waals surface area contributed by atoms with Gasteiger partial charge in [-0.1, -0.05) is 37.6 Å². The van der Waals surface area contributed by atoms with Crippen molar-refractivity contribution < 1.29 is 4.74 Å². The molecular formula is C18H17O. The molecule has 19 heavy (non-hydrogen) atoms. The average molecular weight is 249 g/mol. The Morgan fingerprint density at radius 1 is 1.00 bits per heavy atom. The van der Waals surface area contributed by atoms with Crippen molar-refractivity contribution in [2.45, 2.75) is 19.8 Å². The lowest BCUT2D eigenvalue weighted by atomic mass is 10.0. The molecular weight excluding hydrogens is 232 g/mol. The summed E-state index contributed by atoms with van der Waals surface area (Å²) in [7, 11) is 0. The van der Waals surface area contributed by atoms with Crippen molar-refractivity contribution in [1.29, 1.82) is 0 Å². The van der Waals surface area contributed by atoms with E-state index in [1.165, 1.54) is 21.5 Å². The molecule has 0 bridgehead atoms. The van der Waals surface area contributed by atoms with Crippen LogP contribution in [-0.2, 0) is 0 Å². The number of ether oxygens (including phenoxy) is 1. The molecule has 95 valence electrons. The quantitative estimate of drug-likeness (QED) is 0.468. The first-order valence-electron chi connectivity index (χ1n) is 6.84. The monoisotopic (exact) mass is 249 g/mol. The Balaban J connectivity index is 2.09. The average Bonchev–Trinajstić information content (AvgIpc) is 2.46. The van der Waals surface area contributed by atoms with E-state index in [9.17, 15) is 0 Å². The molecule has 0 saturated carbocycles. The molecule has 0 aromatic heterocycles. The molecule has 0 aliphatic rings. The largest absolute Gasteiger partial charge is 0.493 e. The van der Waals surface area contributed by atoms with Crippen molar-refractivity contribution in [1.82, 2.24) is 0 Å². The van der Waals surface area contributed by atoms with Crippen molar-refractivity contribution in [3.8, 4) is 5.75 Å². The van der Waals surface area contributed by atoms with Crippen LogP contribution in [0.4, 0.5) is 0 Å². The first-order chi connectivity index (χ1) is 9.38. The minimum atomic E-state index is 0.774. The van der Waals surface area contributed by atoms with Crippen molar-refractivity contribution in [2.75, 3.05) is 6.61 Å². The zero-order chi connectivity index (χ0) is 13.1. The highest BCUT2D eigenvalue weighted by Crippen LogP contribution is 2.29. The van der Waals surface area contributed by atoms with Crippen LogP contribution < -0.4 is 4.74 Å². The predicted molar refractivity (Wildman–Crippen MR) is 80.7 cm³/mol. The molecule has 0 aliphatic carbocycles. The van der Waals surface area contributed by atoms with E-state index in [-0.39, 0.29) is 0 Å². The van der Waals surface area contributed by atoms with E-state index in [0.717, 1.165) is 25.2 Å². The van der Waals surface area contributed by atoms with Gasteiger partial charge in [0, 0.05) is 5.39 Å². The number of hydrogen-bond donors (Lipinski definition) is 0. The summed E-state index contributed by atoms with van der Waals surface area (Å²) in [5.74, 6) is 0.941. The van der Waals surface area contributed by atoms with Crippen LogP contribution in [0.1, 0.15) is 19.8 Å². The molecule has 3 rings (SSSR count). The first-order valence-corrected chi connectivity index (χ1v) is 6.84. The highest BCUT2D eigenvalue weighted by atomic mass is 16.5. The van der Waals surface area contributed by atoms with Gasteiger partial charge in [0.15, 0.2) is 0 Å². The topological polar surface area (TPSA) is 9.23 Å². The van der Waals surface area contributed by atoms with Crippen LogP contribution in [0.25, 0.3) is 21.5 Å². The highest BCUT2D eigenvalue weighted by Gasteiger charge is 2.03. The molecule has 1 radical (unpaired) electrons. The van der Waals surface area contributed by atoms with Gasteiger partial charge in [-0.15, -0.1) is 0 Å². The van der Waals surface area contributed by atoms with Gasteiger partial charge in [0.2, 0.25) is 0 Å².